The molecule has 120 valence electrons. The molecule has 0 saturated carbocycles. The highest BCUT2D eigenvalue weighted by Gasteiger charge is 2.38. The zero-order valence-corrected chi connectivity index (χ0v) is 12.6. The number of rotatable bonds is 2. The summed E-state index contributed by atoms with van der Waals surface area (Å²) < 4.78 is 14.5. The van der Waals surface area contributed by atoms with E-state index in [0.29, 0.717) is 5.69 Å². The minimum absolute atomic E-state index is 0.130. The van der Waals surface area contributed by atoms with Crippen molar-refractivity contribution in [3.05, 3.63) is 42.0 Å². The van der Waals surface area contributed by atoms with Crippen molar-refractivity contribution >= 4 is 11.8 Å². The molecule has 7 nitrogen and oxygen atoms in total. The van der Waals surface area contributed by atoms with Gasteiger partial charge in [-0.05, 0) is 25.1 Å². The Labute approximate surface area is 131 Å². The Morgan fingerprint density at radius 1 is 1.43 bits per heavy atom. The van der Waals surface area contributed by atoms with Gasteiger partial charge in [-0.3, -0.25) is 9.59 Å². The van der Waals surface area contributed by atoms with Crippen LogP contribution in [0.5, 0.6) is 5.75 Å². The molecule has 8 heteroatoms. The Bertz CT molecular complexity index is 789. The molecule has 1 N–H and O–H groups in total. The van der Waals surface area contributed by atoms with Crippen molar-refractivity contribution in [2.75, 3.05) is 13.7 Å². The molecule has 1 aromatic heterocycles. The second-order valence-corrected chi connectivity index (χ2v) is 5.42. The van der Waals surface area contributed by atoms with E-state index in [2.05, 4.69) is 5.10 Å². The second-order valence-electron chi connectivity index (χ2n) is 5.42. The summed E-state index contributed by atoms with van der Waals surface area (Å²) >= 11 is 0. The number of benzene rings is 1. The van der Waals surface area contributed by atoms with Gasteiger partial charge in [0, 0.05) is 7.05 Å². The first-order chi connectivity index (χ1) is 10.9. The van der Waals surface area contributed by atoms with Crippen LogP contribution in [0.3, 0.4) is 0 Å². The standard InChI is InChI=1S/C15H15FN4O3/c1-9-14(22)18(2)8-19(9)15(23)13-12(21)7-20(17-13)11-5-3-4-10(16)6-11/h3-7,9,21H,8H2,1-2H3. The van der Waals surface area contributed by atoms with Crippen LogP contribution in [-0.4, -0.2) is 56.3 Å². The van der Waals surface area contributed by atoms with E-state index in [1.165, 1.54) is 38.9 Å². The normalized spacial score (nSPS) is 17.9. The zero-order chi connectivity index (χ0) is 16.7. The minimum atomic E-state index is -0.619. The van der Waals surface area contributed by atoms with Gasteiger partial charge >= 0.3 is 0 Å². The van der Waals surface area contributed by atoms with Gasteiger partial charge in [0.1, 0.15) is 11.9 Å². The fourth-order valence-corrected chi connectivity index (χ4v) is 2.52. The predicted molar refractivity (Wildman–Crippen MR) is 78.5 cm³/mol. The Hall–Kier alpha value is -2.90. The van der Waals surface area contributed by atoms with Gasteiger partial charge in [-0.25, -0.2) is 9.07 Å². The molecule has 2 heterocycles. The molecule has 1 unspecified atom stereocenters. The Morgan fingerprint density at radius 2 is 2.17 bits per heavy atom. The number of carbonyl (C=O) groups is 2. The Kier molecular flexibility index (Phi) is 3.51. The van der Waals surface area contributed by atoms with Gasteiger partial charge in [-0.15, -0.1) is 0 Å². The molecule has 1 aliphatic rings. The van der Waals surface area contributed by atoms with E-state index in [0.717, 1.165) is 0 Å². The molecule has 1 atom stereocenters. The van der Waals surface area contributed by atoms with E-state index in [1.54, 1.807) is 20.0 Å². The largest absolute Gasteiger partial charge is 0.504 e. The number of aromatic nitrogens is 2. The molecule has 2 amide bonds. The van der Waals surface area contributed by atoms with Crippen LogP contribution in [0, 0.1) is 5.82 Å². The lowest BCUT2D eigenvalue weighted by Gasteiger charge is -2.17. The molecule has 3 rings (SSSR count). The van der Waals surface area contributed by atoms with Crippen molar-refractivity contribution in [2.45, 2.75) is 13.0 Å². The molecule has 0 bridgehead atoms. The van der Waals surface area contributed by atoms with Crippen LogP contribution in [0.15, 0.2) is 30.5 Å². The summed E-state index contributed by atoms with van der Waals surface area (Å²) in [6, 6.07) is 5.00. The van der Waals surface area contributed by atoms with Gasteiger partial charge in [-0.2, -0.15) is 5.10 Å². The zero-order valence-electron chi connectivity index (χ0n) is 12.6. The maximum atomic E-state index is 13.3. The maximum absolute atomic E-state index is 13.3. The molecule has 1 saturated heterocycles. The van der Waals surface area contributed by atoms with E-state index in [4.69, 9.17) is 0 Å². The molecule has 23 heavy (non-hydrogen) atoms. The number of halogens is 1. The molecule has 0 spiro atoms. The maximum Gasteiger partial charge on any atom is 0.280 e. The smallest absolute Gasteiger partial charge is 0.280 e. The lowest BCUT2D eigenvalue weighted by Crippen LogP contribution is -2.36. The summed E-state index contributed by atoms with van der Waals surface area (Å²) in [7, 11) is 1.59. The van der Waals surface area contributed by atoms with Gasteiger partial charge in [0.2, 0.25) is 5.91 Å². The molecular weight excluding hydrogens is 303 g/mol. The molecule has 0 radical (unpaired) electrons. The van der Waals surface area contributed by atoms with Crippen LogP contribution in [-0.2, 0) is 4.79 Å². The third-order valence-corrected chi connectivity index (χ3v) is 3.80. The number of carbonyl (C=O) groups excluding carboxylic acids is 2. The van der Waals surface area contributed by atoms with Crippen LogP contribution < -0.4 is 0 Å². The lowest BCUT2D eigenvalue weighted by molar-refractivity contribution is -0.127. The first kappa shape index (κ1) is 15.0. The minimum Gasteiger partial charge on any atom is -0.504 e. The topological polar surface area (TPSA) is 78.7 Å². The predicted octanol–water partition coefficient (Wildman–Crippen LogP) is 0.977. The summed E-state index contributed by atoms with van der Waals surface area (Å²) in [5.74, 6) is -1.51. The third kappa shape index (κ3) is 2.52. The number of aromatic hydroxyl groups is 1. The quantitative estimate of drug-likeness (QED) is 0.895. The highest BCUT2D eigenvalue weighted by molar-refractivity contribution is 5.99. The van der Waals surface area contributed by atoms with Gasteiger partial charge in [-0.1, -0.05) is 6.07 Å². The van der Waals surface area contributed by atoms with Crippen molar-refractivity contribution in [1.82, 2.24) is 19.6 Å². The van der Waals surface area contributed by atoms with Crippen LogP contribution in [0.25, 0.3) is 5.69 Å². The summed E-state index contributed by atoms with van der Waals surface area (Å²) in [5, 5.41) is 14.0. The highest BCUT2D eigenvalue weighted by atomic mass is 19.1. The van der Waals surface area contributed by atoms with Crippen molar-refractivity contribution < 1.29 is 19.1 Å². The second kappa shape index (κ2) is 5.38. The molecule has 1 aromatic carbocycles. The lowest BCUT2D eigenvalue weighted by atomic mass is 10.2. The average Bonchev–Trinajstić information content (AvgIpc) is 3.02. The molecular formula is C15H15FN4O3. The fraction of sp³-hybridized carbons (Fsp3) is 0.267. The van der Waals surface area contributed by atoms with Crippen molar-refractivity contribution in [3.63, 3.8) is 0 Å². The van der Waals surface area contributed by atoms with Crippen molar-refractivity contribution in [2.24, 2.45) is 0 Å². The van der Waals surface area contributed by atoms with Crippen LogP contribution in [0.1, 0.15) is 17.4 Å². The molecule has 1 aliphatic heterocycles. The van der Waals surface area contributed by atoms with Crippen LogP contribution in [0.2, 0.25) is 0 Å². The average molecular weight is 318 g/mol. The van der Waals surface area contributed by atoms with E-state index in [1.807, 2.05) is 0 Å². The number of amides is 2. The van der Waals surface area contributed by atoms with Crippen LogP contribution in [0.4, 0.5) is 4.39 Å². The summed E-state index contributed by atoms with van der Waals surface area (Å²) in [5.41, 5.74) is 0.200. The number of hydrogen-bond acceptors (Lipinski definition) is 4. The van der Waals surface area contributed by atoms with E-state index in [-0.39, 0.29) is 24.0 Å². The fourth-order valence-electron chi connectivity index (χ4n) is 2.52. The molecule has 2 aromatic rings. The highest BCUT2D eigenvalue weighted by Crippen LogP contribution is 2.23. The third-order valence-electron chi connectivity index (χ3n) is 3.80. The van der Waals surface area contributed by atoms with E-state index in [9.17, 15) is 19.1 Å². The Morgan fingerprint density at radius 3 is 2.78 bits per heavy atom. The molecule has 1 fully saturated rings. The first-order valence-corrected chi connectivity index (χ1v) is 6.99. The van der Waals surface area contributed by atoms with E-state index >= 15 is 0 Å². The summed E-state index contributed by atoms with van der Waals surface area (Å²) in [6.07, 6.45) is 1.23. The van der Waals surface area contributed by atoms with Gasteiger partial charge in [0.25, 0.3) is 5.91 Å². The van der Waals surface area contributed by atoms with Crippen molar-refractivity contribution in [1.29, 1.82) is 0 Å². The monoisotopic (exact) mass is 318 g/mol. The van der Waals surface area contributed by atoms with Crippen LogP contribution >= 0.6 is 0 Å². The van der Waals surface area contributed by atoms with E-state index < -0.39 is 17.8 Å². The van der Waals surface area contributed by atoms with Gasteiger partial charge in [0.15, 0.2) is 11.4 Å². The summed E-state index contributed by atoms with van der Waals surface area (Å²) in [4.78, 5) is 27.1. The summed E-state index contributed by atoms with van der Waals surface area (Å²) in [6.45, 7) is 1.75. The Balaban J connectivity index is 1.92. The van der Waals surface area contributed by atoms with Crippen molar-refractivity contribution in [3.8, 4) is 11.4 Å². The number of nitrogens with zero attached hydrogens (tertiary/aromatic N) is 4. The van der Waals surface area contributed by atoms with Gasteiger partial charge < -0.3 is 14.9 Å². The first-order valence-electron chi connectivity index (χ1n) is 6.99. The SMILES string of the molecule is CC1C(=O)N(C)CN1C(=O)c1nn(-c2cccc(F)c2)cc1O. The number of likely N-dealkylation sites (N-methyl/N-ethyl adjacent to an activating group) is 1. The molecule has 0 aliphatic carbocycles. The number of hydrogen-bond donors (Lipinski definition) is 1. The van der Waals surface area contributed by atoms with Gasteiger partial charge in [0.05, 0.1) is 18.6 Å².